The number of carbonyl (C=O) groups excluding carboxylic acids is 1. The maximum atomic E-state index is 11.4. The first-order chi connectivity index (χ1) is 8.97. The maximum Gasteiger partial charge on any atom is 0.407 e. The summed E-state index contributed by atoms with van der Waals surface area (Å²) in [6.07, 6.45) is 5.27. The lowest BCUT2D eigenvalue weighted by atomic mass is 10.2. The van der Waals surface area contributed by atoms with Crippen LogP contribution in [0.15, 0.2) is 29.4 Å². The van der Waals surface area contributed by atoms with Gasteiger partial charge in [0, 0.05) is 23.8 Å². The number of unbranched alkanes of at least 4 members (excludes halogenated alkanes) is 1. The number of rotatable bonds is 6. The summed E-state index contributed by atoms with van der Waals surface area (Å²) < 4.78 is 5.15. The van der Waals surface area contributed by atoms with E-state index in [4.69, 9.17) is 4.74 Å². The van der Waals surface area contributed by atoms with Crippen LogP contribution in [0.3, 0.4) is 0 Å². The normalized spacial score (nSPS) is 11.1. The van der Waals surface area contributed by atoms with Crippen LogP contribution in [-0.4, -0.2) is 29.0 Å². The van der Waals surface area contributed by atoms with Crippen LogP contribution in [0.1, 0.15) is 33.6 Å². The van der Waals surface area contributed by atoms with Crippen molar-refractivity contribution in [2.75, 3.05) is 12.3 Å². The van der Waals surface area contributed by atoms with Gasteiger partial charge in [-0.2, -0.15) is 0 Å². The van der Waals surface area contributed by atoms with E-state index in [-0.39, 0.29) is 6.09 Å². The summed E-state index contributed by atoms with van der Waals surface area (Å²) in [6, 6.07) is 4.01. The van der Waals surface area contributed by atoms with Crippen molar-refractivity contribution in [1.82, 2.24) is 10.3 Å². The first-order valence-corrected chi connectivity index (χ1v) is 7.45. The van der Waals surface area contributed by atoms with Gasteiger partial charge in [-0.15, -0.1) is 11.8 Å². The molecule has 0 aliphatic heterocycles. The molecule has 1 aromatic rings. The molecule has 0 saturated carbocycles. The maximum absolute atomic E-state index is 11.4. The molecule has 0 fully saturated rings. The standard InChI is InChI=1S/C14H22N2O2S/c1-14(2,3)18-13(17)16-8-4-5-11-19-12-6-9-15-10-7-12/h6-7,9-10H,4-5,8,11H2,1-3H3,(H,16,17). The van der Waals surface area contributed by atoms with Crippen LogP contribution in [0.2, 0.25) is 0 Å². The second-order valence-electron chi connectivity index (χ2n) is 5.17. The topological polar surface area (TPSA) is 51.2 Å². The van der Waals surface area contributed by atoms with E-state index in [9.17, 15) is 4.79 Å². The zero-order chi connectivity index (χ0) is 14.1. The Morgan fingerprint density at radius 1 is 1.32 bits per heavy atom. The third kappa shape index (κ3) is 8.48. The molecule has 5 heteroatoms. The van der Waals surface area contributed by atoms with E-state index in [0.717, 1.165) is 18.6 Å². The van der Waals surface area contributed by atoms with Gasteiger partial charge >= 0.3 is 6.09 Å². The number of pyridine rings is 1. The fourth-order valence-corrected chi connectivity index (χ4v) is 2.25. The van der Waals surface area contributed by atoms with E-state index in [1.807, 2.05) is 32.9 Å². The summed E-state index contributed by atoms with van der Waals surface area (Å²) in [7, 11) is 0. The van der Waals surface area contributed by atoms with Gasteiger partial charge in [0.2, 0.25) is 0 Å². The molecular weight excluding hydrogens is 260 g/mol. The van der Waals surface area contributed by atoms with Gasteiger partial charge in [-0.05, 0) is 51.5 Å². The second kappa shape index (κ2) is 8.04. The Labute approximate surface area is 119 Å². The van der Waals surface area contributed by atoms with Gasteiger partial charge in [0.15, 0.2) is 0 Å². The molecule has 0 bridgehead atoms. The lowest BCUT2D eigenvalue weighted by Gasteiger charge is -2.19. The number of hydrogen-bond donors (Lipinski definition) is 1. The number of aromatic nitrogens is 1. The van der Waals surface area contributed by atoms with Crippen molar-refractivity contribution >= 4 is 17.9 Å². The Balaban J connectivity index is 2.01. The van der Waals surface area contributed by atoms with Gasteiger partial charge < -0.3 is 10.1 Å². The molecule has 1 N–H and O–H groups in total. The molecule has 1 amide bonds. The largest absolute Gasteiger partial charge is 0.444 e. The Kier molecular flexibility index (Phi) is 6.70. The number of carbonyl (C=O) groups is 1. The van der Waals surface area contributed by atoms with Crippen LogP contribution in [-0.2, 0) is 4.74 Å². The van der Waals surface area contributed by atoms with Crippen molar-refractivity contribution in [3.05, 3.63) is 24.5 Å². The number of nitrogens with zero attached hydrogens (tertiary/aromatic N) is 1. The van der Waals surface area contributed by atoms with Gasteiger partial charge in [0.1, 0.15) is 5.60 Å². The van der Waals surface area contributed by atoms with Crippen molar-refractivity contribution in [3.8, 4) is 0 Å². The van der Waals surface area contributed by atoms with Crippen LogP contribution in [0.5, 0.6) is 0 Å². The summed E-state index contributed by atoms with van der Waals surface area (Å²) in [5.41, 5.74) is -0.429. The van der Waals surface area contributed by atoms with Gasteiger partial charge in [0.05, 0.1) is 0 Å². The molecule has 1 heterocycles. The van der Waals surface area contributed by atoms with Gasteiger partial charge in [0.25, 0.3) is 0 Å². The van der Waals surface area contributed by atoms with Crippen molar-refractivity contribution < 1.29 is 9.53 Å². The average molecular weight is 282 g/mol. The second-order valence-corrected chi connectivity index (χ2v) is 6.34. The van der Waals surface area contributed by atoms with Crippen LogP contribution < -0.4 is 5.32 Å². The molecule has 0 atom stereocenters. The minimum Gasteiger partial charge on any atom is -0.444 e. The molecule has 1 aromatic heterocycles. The number of hydrogen-bond acceptors (Lipinski definition) is 4. The predicted molar refractivity (Wildman–Crippen MR) is 78.4 cm³/mol. The van der Waals surface area contributed by atoms with E-state index in [0.29, 0.717) is 6.54 Å². The summed E-state index contributed by atoms with van der Waals surface area (Å²) in [6.45, 7) is 6.24. The molecule has 0 unspecified atom stereocenters. The predicted octanol–water partition coefficient (Wildman–Crippen LogP) is 3.48. The van der Waals surface area contributed by atoms with Crippen LogP contribution in [0.25, 0.3) is 0 Å². The van der Waals surface area contributed by atoms with Crippen molar-refractivity contribution in [1.29, 1.82) is 0 Å². The van der Waals surface area contributed by atoms with Crippen LogP contribution >= 0.6 is 11.8 Å². The van der Waals surface area contributed by atoms with Crippen molar-refractivity contribution in [3.63, 3.8) is 0 Å². The van der Waals surface area contributed by atoms with Gasteiger partial charge in [-0.1, -0.05) is 0 Å². The Morgan fingerprint density at radius 2 is 2.00 bits per heavy atom. The first-order valence-electron chi connectivity index (χ1n) is 6.47. The van der Waals surface area contributed by atoms with E-state index in [2.05, 4.69) is 10.3 Å². The minimum absolute atomic E-state index is 0.339. The fourth-order valence-electron chi connectivity index (χ4n) is 1.36. The number of thioether (sulfide) groups is 1. The number of nitrogens with one attached hydrogen (secondary N) is 1. The van der Waals surface area contributed by atoms with E-state index >= 15 is 0 Å². The molecule has 1 rings (SSSR count). The number of ether oxygens (including phenoxy) is 1. The van der Waals surface area contributed by atoms with Gasteiger partial charge in [-0.3, -0.25) is 4.98 Å². The molecule has 0 aliphatic carbocycles. The summed E-state index contributed by atoms with van der Waals surface area (Å²) >= 11 is 1.81. The average Bonchev–Trinajstić information content (AvgIpc) is 2.32. The van der Waals surface area contributed by atoms with E-state index in [1.54, 1.807) is 24.2 Å². The molecule has 19 heavy (non-hydrogen) atoms. The minimum atomic E-state index is -0.429. The molecule has 0 saturated heterocycles. The highest BCUT2D eigenvalue weighted by atomic mass is 32.2. The molecule has 0 spiro atoms. The Hall–Kier alpha value is -1.23. The summed E-state index contributed by atoms with van der Waals surface area (Å²) in [4.78, 5) is 16.6. The Morgan fingerprint density at radius 3 is 2.63 bits per heavy atom. The van der Waals surface area contributed by atoms with E-state index < -0.39 is 5.60 Å². The third-order valence-corrected chi connectivity index (χ3v) is 3.26. The molecule has 0 radical (unpaired) electrons. The van der Waals surface area contributed by atoms with Crippen molar-refractivity contribution in [2.45, 2.75) is 44.1 Å². The quantitative estimate of drug-likeness (QED) is 0.641. The van der Waals surface area contributed by atoms with Crippen LogP contribution in [0, 0.1) is 0 Å². The molecule has 106 valence electrons. The SMILES string of the molecule is CC(C)(C)OC(=O)NCCCCSc1ccncc1. The lowest BCUT2D eigenvalue weighted by molar-refractivity contribution is 0.0527. The van der Waals surface area contributed by atoms with E-state index in [1.165, 1.54) is 4.90 Å². The number of amides is 1. The number of alkyl carbamates (subject to hydrolysis) is 1. The van der Waals surface area contributed by atoms with Crippen LogP contribution in [0.4, 0.5) is 4.79 Å². The lowest BCUT2D eigenvalue weighted by Crippen LogP contribution is -2.33. The smallest absolute Gasteiger partial charge is 0.407 e. The molecular formula is C14H22N2O2S. The van der Waals surface area contributed by atoms with Crippen molar-refractivity contribution in [2.24, 2.45) is 0 Å². The molecule has 4 nitrogen and oxygen atoms in total. The van der Waals surface area contributed by atoms with Gasteiger partial charge in [-0.25, -0.2) is 4.79 Å². The summed E-state index contributed by atoms with van der Waals surface area (Å²) in [5, 5.41) is 2.76. The Bertz CT molecular complexity index is 377. The highest BCUT2D eigenvalue weighted by Crippen LogP contribution is 2.17. The zero-order valence-electron chi connectivity index (χ0n) is 11.8. The zero-order valence-corrected chi connectivity index (χ0v) is 12.6. The molecule has 0 aromatic carbocycles. The monoisotopic (exact) mass is 282 g/mol. The fraction of sp³-hybridized carbons (Fsp3) is 0.571. The third-order valence-electron chi connectivity index (χ3n) is 2.16. The first kappa shape index (κ1) is 15.8. The highest BCUT2D eigenvalue weighted by molar-refractivity contribution is 7.99. The highest BCUT2D eigenvalue weighted by Gasteiger charge is 2.15. The summed E-state index contributed by atoms with van der Waals surface area (Å²) in [5.74, 6) is 1.04. The molecule has 0 aliphatic rings.